The van der Waals surface area contributed by atoms with Gasteiger partial charge in [0.15, 0.2) is 11.3 Å². The number of H-pyrrole nitrogens is 1. The van der Waals surface area contributed by atoms with Gasteiger partial charge in [-0.1, -0.05) is 0 Å². The highest BCUT2D eigenvalue weighted by Crippen LogP contribution is 2.35. The van der Waals surface area contributed by atoms with Crippen LogP contribution in [-0.4, -0.2) is 55.6 Å². The molecule has 0 aromatic carbocycles. The van der Waals surface area contributed by atoms with Crippen LogP contribution < -0.4 is 0 Å². The number of hydrogen-bond donors (Lipinski definition) is 1. The first-order valence-electron chi connectivity index (χ1n) is 8.30. The molecule has 1 saturated carbocycles. The number of nitrogens with zero attached hydrogens (tertiary/aromatic N) is 5. The molecular formula is C15H18N6O2S. The summed E-state index contributed by atoms with van der Waals surface area (Å²) in [6.45, 7) is 1.14. The summed E-state index contributed by atoms with van der Waals surface area (Å²) in [5, 5.41) is 8.48. The van der Waals surface area contributed by atoms with Crippen molar-refractivity contribution in [3.05, 3.63) is 24.3 Å². The molecule has 0 spiro atoms. The summed E-state index contributed by atoms with van der Waals surface area (Å²) in [7, 11) is -3.07. The van der Waals surface area contributed by atoms with Gasteiger partial charge < -0.3 is 4.98 Å². The predicted octanol–water partition coefficient (Wildman–Crippen LogP) is 1.28. The number of hydrogen-bond acceptors (Lipinski definition) is 5. The van der Waals surface area contributed by atoms with E-state index in [4.69, 9.17) is 0 Å². The first-order valence-corrected chi connectivity index (χ1v) is 9.81. The third-order valence-corrected chi connectivity index (χ3v) is 7.49. The summed E-state index contributed by atoms with van der Waals surface area (Å²) in [5.74, 6) is 1.12. The van der Waals surface area contributed by atoms with Gasteiger partial charge in [-0.05, 0) is 31.7 Å². The van der Waals surface area contributed by atoms with Gasteiger partial charge in [0.25, 0.3) is 0 Å². The Morgan fingerprint density at radius 3 is 2.67 bits per heavy atom. The highest BCUT2D eigenvalue weighted by Gasteiger charge is 2.41. The zero-order valence-electron chi connectivity index (χ0n) is 13.1. The maximum atomic E-state index is 12.4. The van der Waals surface area contributed by atoms with Gasteiger partial charge in [0.2, 0.25) is 10.0 Å². The first kappa shape index (κ1) is 14.4. The summed E-state index contributed by atoms with van der Waals surface area (Å²) in [5.41, 5.74) is 2.49. The van der Waals surface area contributed by atoms with E-state index >= 15 is 0 Å². The van der Waals surface area contributed by atoms with Crippen LogP contribution >= 0.6 is 0 Å². The van der Waals surface area contributed by atoms with Crippen molar-refractivity contribution in [2.24, 2.45) is 0 Å². The maximum absolute atomic E-state index is 12.4. The molecule has 3 aromatic rings. The second-order valence-electron chi connectivity index (χ2n) is 6.64. The van der Waals surface area contributed by atoms with Gasteiger partial charge >= 0.3 is 0 Å². The van der Waals surface area contributed by atoms with Crippen LogP contribution in [0.15, 0.2) is 18.5 Å². The van der Waals surface area contributed by atoms with Gasteiger partial charge in [-0.2, -0.15) is 0 Å². The second kappa shape index (κ2) is 5.00. The maximum Gasteiger partial charge on any atom is 0.216 e. The van der Waals surface area contributed by atoms with Crippen molar-refractivity contribution >= 4 is 26.8 Å². The van der Waals surface area contributed by atoms with Gasteiger partial charge in [0, 0.05) is 25.2 Å². The Kier molecular flexibility index (Phi) is 2.99. The normalized spacial score (nSPS) is 21.0. The van der Waals surface area contributed by atoms with Crippen molar-refractivity contribution < 1.29 is 8.42 Å². The average Bonchev–Trinajstić information content (AvgIpc) is 3.20. The second-order valence-corrected chi connectivity index (χ2v) is 8.85. The molecule has 24 heavy (non-hydrogen) atoms. The average molecular weight is 346 g/mol. The summed E-state index contributed by atoms with van der Waals surface area (Å²) in [6.07, 6.45) is 6.75. The van der Waals surface area contributed by atoms with Gasteiger partial charge in [0.1, 0.15) is 5.82 Å². The Hall–Kier alpha value is -2.00. The number of piperidine rings is 1. The van der Waals surface area contributed by atoms with E-state index in [9.17, 15) is 8.42 Å². The van der Waals surface area contributed by atoms with Crippen molar-refractivity contribution in [2.45, 2.75) is 36.9 Å². The highest BCUT2D eigenvalue weighted by atomic mass is 32.2. The van der Waals surface area contributed by atoms with Crippen LogP contribution in [0.1, 0.15) is 37.4 Å². The van der Waals surface area contributed by atoms with Crippen molar-refractivity contribution in [3.8, 4) is 0 Å². The molecule has 0 bridgehead atoms. The number of nitrogens with one attached hydrogen (secondary N) is 1. The van der Waals surface area contributed by atoms with Crippen LogP contribution in [-0.2, 0) is 10.0 Å². The van der Waals surface area contributed by atoms with Crippen LogP contribution in [0.4, 0.5) is 0 Å². The molecule has 0 atom stereocenters. The van der Waals surface area contributed by atoms with Crippen molar-refractivity contribution in [3.63, 3.8) is 0 Å². The summed E-state index contributed by atoms with van der Waals surface area (Å²) >= 11 is 0. The molecule has 0 radical (unpaired) electrons. The van der Waals surface area contributed by atoms with Crippen LogP contribution in [0.25, 0.3) is 16.8 Å². The van der Waals surface area contributed by atoms with Crippen LogP contribution in [0.2, 0.25) is 0 Å². The SMILES string of the molecule is O=S(=O)(C1CC1)N1CCC(c2nnc3cnc4[nH]ccc4n23)CC1. The molecule has 1 aliphatic heterocycles. The summed E-state index contributed by atoms with van der Waals surface area (Å²) < 4.78 is 28.4. The number of fused-ring (bicyclic) bond motifs is 3. The number of rotatable bonds is 3. The smallest absolute Gasteiger partial charge is 0.216 e. The number of aromatic amines is 1. The molecule has 1 N–H and O–H groups in total. The van der Waals surface area contributed by atoms with E-state index in [1.165, 1.54) is 0 Å². The molecular weight excluding hydrogens is 328 g/mol. The Morgan fingerprint density at radius 2 is 1.92 bits per heavy atom. The minimum Gasteiger partial charge on any atom is -0.345 e. The fraction of sp³-hybridized carbons (Fsp3) is 0.533. The van der Waals surface area contributed by atoms with E-state index in [1.807, 2.05) is 16.7 Å². The van der Waals surface area contributed by atoms with Crippen molar-refractivity contribution in [2.75, 3.05) is 13.1 Å². The van der Waals surface area contributed by atoms with Crippen LogP contribution in [0.3, 0.4) is 0 Å². The monoisotopic (exact) mass is 346 g/mol. The molecule has 0 amide bonds. The fourth-order valence-electron chi connectivity index (χ4n) is 3.61. The Morgan fingerprint density at radius 1 is 1.12 bits per heavy atom. The molecule has 8 nitrogen and oxygen atoms in total. The Labute approximate surface area is 138 Å². The fourth-order valence-corrected chi connectivity index (χ4v) is 5.48. The molecule has 1 aliphatic carbocycles. The molecule has 5 rings (SSSR count). The van der Waals surface area contributed by atoms with Crippen molar-refractivity contribution in [1.29, 1.82) is 0 Å². The van der Waals surface area contributed by atoms with E-state index in [-0.39, 0.29) is 11.2 Å². The van der Waals surface area contributed by atoms with E-state index < -0.39 is 10.0 Å². The molecule has 3 aromatic heterocycles. The largest absolute Gasteiger partial charge is 0.345 e. The first-order chi connectivity index (χ1) is 11.6. The third-order valence-electron chi connectivity index (χ3n) is 5.09. The Bertz CT molecular complexity index is 1010. The number of aromatic nitrogens is 5. The van der Waals surface area contributed by atoms with Crippen molar-refractivity contribution in [1.82, 2.24) is 28.9 Å². The highest BCUT2D eigenvalue weighted by molar-refractivity contribution is 7.90. The number of sulfonamides is 1. The molecule has 0 unspecified atom stereocenters. The quantitative estimate of drug-likeness (QED) is 0.770. The molecule has 4 heterocycles. The molecule has 1 saturated heterocycles. The summed E-state index contributed by atoms with van der Waals surface area (Å²) in [6, 6.07) is 1.97. The minimum absolute atomic E-state index is 0.131. The zero-order valence-corrected chi connectivity index (χ0v) is 13.9. The van der Waals surface area contributed by atoms with Crippen LogP contribution in [0, 0.1) is 0 Å². The van der Waals surface area contributed by atoms with Gasteiger partial charge in [-0.3, -0.25) is 4.40 Å². The lowest BCUT2D eigenvalue weighted by atomic mass is 9.97. The lowest BCUT2D eigenvalue weighted by Gasteiger charge is -2.30. The summed E-state index contributed by atoms with van der Waals surface area (Å²) in [4.78, 5) is 7.44. The van der Waals surface area contributed by atoms with E-state index in [0.29, 0.717) is 13.1 Å². The topological polar surface area (TPSA) is 96.2 Å². The van der Waals surface area contributed by atoms with Crippen LogP contribution in [0.5, 0.6) is 0 Å². The molecule has 9 heteroatoms. The Balaban J connectivity index is 1.46. The van der Waals surface area contributed by atoms with Gasteiger partial charge in [-0.15, -0.1) is 10.2 Å². The zero-order chi connectivity index (χ0) is 16.3. The lowest BCUT2D eigenvalue weighted by Crippen LogP contribution is -2.40. The standard InChI is InChI=1S/C15H18N6O2S/c22-24(23,11-1-2-11)20-7-4-10(5-8-20)15-19-18-13-9-17-14-12(21(13)15)3-6-16-14/h3,6,9-11,16H,1-2,4-5,7-8H2. The molecule has 2 aliphatic rings. The lowest BCUT2D eigenvalue weighted by molar-refractivity contribution is 0.312. The minimum atomic E-state index is -3.07. The molecule has 2 fully saturated rings. The van der Waals surface area contributed by atoms with Gasteiger partial charge in [-0.25, -0.2) is 17.7 Å². The van der Waals surface area contributed by atoms with E-state index in [1.54, 1.807) is 10.5 Å². The van der Waals surface area contributed by atoms with Gasteiger partial charge in [0.05, 0.1) is 17.0 Å². The van der Waals surface area contributed by atoms with E-state index in [2.05, 4.69) is 20.2 Å². The van der Waals surface area contributed by atoms with E-state index in [0.717, 1.165) is 48.3 Å². The third kappa shape index (κ3) is 2.07. The molecule has 126 valence electrons. The predicted molar refractivity (Wildman–Crippen MR) is 88.1 cm³/mol.